The van der Waals surface area contributed by atoms with Gasteiger partial charge in [0, 0.05) is 18.0 Å². The van der Waals surface area contributed by atoms with Gasteiger partial charge in [0.1, 0.15) is 5.76 Å². The minimum Gasteiger partial charge on any atom is -0.493 e. The van der Waals surface area contributed by atoms with E-state index < -0.39 is 41.3 Å². The Labute approximate surface area is 183 Å². The number of likely N-dealkylation sites (tertiary alicyclic amines) is 1. The Balaban J connectivity index is 1.60. The summed E-state index contributed by atoms with van der Waals surface area (Å²) in [6.45, 7) is 0.685. The van der Waals surface area contributed by atoms with Crippen LogP contribution in [0.15, 0.2) is 24.0 Å². The van der Waals surface area contributed by atoms with Crippen LogP contribution in [0.4, 0.5) is 0 Å². The highest BCUT2D eigenvalue weighted by molar-refractivity contribution is 5.85. The number of aliphatic carboxylic acids is 1. The van der Waals surface area contributed by atoms with Gasteiger partial charge in [-0.05, 0) is 44.1 Å². The zero-order chi connectivity index (χ0) is 23.0. The van der Waals surface area contributed by atoms with Crippen molar-refractivity contribution in [2.75, 3.05) is 20.7 Å². The Hall–Kier alpha value is -2.66. The lowest BCUT2D eigenvalue weighted by molar-refractivity contribution is -0.177. The summed E-state index contributed by atoms with van der Waals surface area (Å²) in [6.07, 6.45) is -2.57. The number of benzene rings is 1. The van der Waals surface area contributed by atoms with Crippen LogP contribution in [-0.4, -0.2) is 87.9 Å². The molecule has 0 saturated carbocycles. The summed E-state index contributed by atoms with van der Waals surface area (Å²) in [5.74, 6) is -1.99. The molecular formula is C22H25NO9. The number of hydrogen-bond acceptors (Lipinski definition) is 9. The zero-order valence-electron chi connectivity index (χ0n) is 17.6. The molecule has 0 aromatic heterocycles. The van der Waals surface area contributed by atoms with Gasteiger partial charge in [-0.15, -0.1) is 0 Å². The van der Waals surface area contributed by atoms with E-state index in [0.29, 0.717) is 30.9 Å². The highest BCUT2D eigenvalue weighted by atomic mass is 16.6. The molecule has 1 spiro atoms. The van der Waals surface area contributed by atoms with E-state index in [2.05, 4.69) is 4.90 Å². The maximum absolute atomic E-state index is 12.4. The standard InChI is InChI=1S/C22H25NO9/c1-23-8-7-21-14-10-3-4-11(30-2)17(14)32-18(21)12(5-6-22(21,29)13(23)9-10)31-20(28)16(25)15(24)19(26)27/h3-5,13,15-16,18,24-25,29H,6-9H2,1-2H3,(H,26,27)/t13-,15-,16-,18?,21?,22-/m1/s1. The number of ether oxygens (including phenoxy) is 3. The molecule has 10 nitrogen and oxygen atoms in total. The lowest BCUT2D eigenvalue weighted by Crippen LogP contribution is -2.74. The van der Waals surface area contributed by atoms with E-state index in [9.17, 15) is 24.9 Å². The van der Waals surface area contributed by atoms with Crippen LogP contribution in [0, 0.1) is 0 Å². The maximum Gasteiger partial charge on any atom is 0.343 e. The predicted octanol–water partition coefficient (Wildman–Crippen LogP) is -0.677. The molecule has 1 aromatic rings. The molecule has 172 valence electrons. The van der Waals surface area contributed by atoms with Crippen LogP contribution in [0.5, 0.6) is 11.5 Å². The molecule has 0 radical (unpaired) electrons. The number of likely N-dealkylation sites (N-methyl/N-ethyl adjacent to an activating group) is 1. The molecular weight excluding hydrogens is 422 g/mol. The smallest absolute Gasteiger partial charge is 0.343 e. The van der Waals surface area contributed by atoms with Crippen molar-refractivity contribution >= 4 is 11.9 Å². The molecule has 5 rings (SSSR count). The molecule has 2 unspecified atom stereocenters. The summed E-state index contributed by atoms with van der Waals surface area (Å²) >= 11 is 0. The van der Waals surface area contributed by atoms with Gasteiger partial charge in [0.15, 0.2) is 29.8 Å². The number of aliphatic hydroxyl groups is 3. The predicted molar refractivity (Wildman–Crippen MR) is 107 cm³/mol. The summed E-state index contributed by atoms with van der Waals surface area (Å²) in [5, 5.41) is 40.4. The van der Waals surface area contributed by atoms with E-state index in [1.165, 1.54) is 7.11 Å². The van der Waals surface area contributed by atoms with Gasteiger partial charge in [-0.25, -0.2) is 9.59 Å². The monoisotopic (exact) mass is 447 g/mol. The van der Waals surface area contributed by atoms with Crippen LogP contribution >= 0.6 is 0 Å². The molecule has 4 aliphatic rings. The second-order valence-corrected chi connectivity index (χ2v) is 8.93. The van der Waals surface area contributed by atoms with E-state index in [0.717, 1.165) is 11.1 Å². The first kappa shape index (κ1) is 21.2. The van der Waals surface area contributed by atoms with E-state index >= 15 is 0 Å². The number of esters is 1. The van der Waals surface area contributed by atoms with Crippen molar-refractivity contribution in [2.24, 2.45) is 0 Å². The Bertz CT molecular complexity index is 1040. The summed E-state index contributed by atoms with van der Waals surface area (Å²) in [5.41, 5.74) is -0.216. The number of piperidine rings is 1. The summed E-state index contributed by atoms with van der Waals surface area (Å²) in [6, 6.07) is 3.60. The second-order valence-electron chi connectivity index (χ2n) is 8.93. The molecule has 1 fully saturated rings. The van der Waals surface area contributed by atoms with Crippen molar-refractivity contribution in [1.82, 2.24) is 4.90 Å². The average molecular weight is 447 g/mol. The van der Waals surface area contributed by atoms with Gasteiger partial charge >= 0.3 is 11.9 Å². The zero-order valence-corrected chi connectivity index (χ0v) is 17.6. The molecule has 6 atom stereocenters. The van der Waals surface area contributed by atoms with Crippen LogP contribution in [0.2, 0.25) is 0 Å². The lowest BCUT2D eigenvalue weighted by atomic mass is 9.50. The van der Waals surface area contributed by atoms with Crippen molar-refractivity contribution in [2.45, 2.75) is 54.6 Å². The molecule has 32 heavy (non-hydrogen) atoms. The first-order valence-electron chi connectivity index (χ1n) is 10.5. The Morgan fingerprint density at radius 1 is 1.28 bits per heavy atom. The molecule has 2 bridgehead atoms. The van der Waals surface area contributed by atoms with E-state index in [4.69, 9.17) is 19.3 Å². The lowest BCUT2D eigenvalue weighted by Gasteiger charge is -2.61. The second kappa shape index (κ2) is 6.92. The Kier molecular flexibility index (Phi) is 4.58. The topological polar surface area (TPSA) is 146 Å². The van der Waals surface area contributed by atoms with Gasteiger partial charge in [0.05, 0.1) is 18.1 Å². The molecule has 4 N–H and O–H groups in total. The first-order valence-corrected chi connectivity index (χ1v) is 10.5. The average Bonchev–Trinajstić information content (AvgIpc) is 3.12. The highest BCUT2D eigenvalue weighted by Gasteiger charge is 2.72. The number of carboxylic acid groups (broad SMARTS) is 1. The molecule has 1 saturated heterocycles. The van der Waals surface area contributed by atoms with Crippen LogP contribution in [-0.2, 0) is 26.2 Å². The Morgan fingerprint density at radius 2 is 2.03 bits per heavy atom. The van der Waals surface area contributed by atoms with Gasteiger partial charge in [-0.3, -0.25) is 0 Å². The summed E-state index contributed by atoms with van der Waals surface area (Å²) in [4.78, 5) is 25.5. The number of methoxy groups -OCH3 is 1. The molecule has 2 aliphatic carbocycles. The number of aliphatic hydroxyl groups excluding tert-OH is 2. The van der Waals surface area contributed by atoms with Crippen molar-refractivity contribution < 1.29 is 44.2 Å². The van der Waals surface area contributed by atoms with Crippen molar-refractivity contribution in [3.63, 3.8) is 0 Å². The molecule has 1 aromatic carbocycles. The van der Waals surface area contributed by atoms with Gasteiger partial charge in [-0.2, -0.15) is 0 Å². The fraction of sp³-hybridized carbons (Fsp3) is 0.545. The van der Waals surface area contributed by atoms with E-state index in [-0.39, 0.29) is 18.2 Å². The number of rotatable bonds is 5. The van der Waals surface area contributed by atoms with Crippen molar-refractivity contribution in [1.29, 1.82) is 0 Å². The summed E-state index contributed by atoms with van der Waals surface area (Å²) in [7, 11) is 3.49. The molecule has 2 aliphatic heterocycles. The maximum atomic E-state index is 12.4. The minimum absolute atomic E-state index is 0.0747. The Morgan fingerprint density at radius 3 is 2.72 bits per heavy atom. The van der Waals surface area contributed by atoms with Crippen LogP contribution in [0.1, 0.15) is 24.0 Å². The van der Waals surface area contributed by atoms with Crippen molar-refractivity contribution in [3.8, 4) is 11.5 Å². The third-order valence-electron chi connectivity index (χ3n) is 7.57. The fourth-order valence-corrected chi connectivity index (χ4v) is 6.03. The number of carbonyl (C=O) groups is 2. The van der Waals surface area contributed by atoms with E-state index in [1.54, 1.807) is 6.08 Å². The quantitative estimate of drug-likeness (QED) is 0.428. The fourth-order valence-electron chi connectivity index (χ4n) is 6.03. The molecule has 2 heterocycles. The largest absolute Gasteiger partial charge is 0.493 e. The first-order chi connectivity index (χ1) is 15.2. The van der Waals surface area contributed by atoms with Crippen LogP contribution < -0.4 is 9.47 Å². The third kappa shape index (κ3) is 2.49. The SMILES string of the molecule is COc1ccc2c3c1OC1C(OC(=O)[C@H](O)[C@@H](O)C(=O)O)=CC[C@@]4(O)[C@@H](C2)N(C)CCC314. The summed E-state index contributed by atoms with van der Waals surface area (Å²) < 4.78 is 17.2. The van der Waals surface area contributed by atoms with Crippen LogP contribution in [0.25, 0.3) is 0 Å². The number of hydrogen-bond donors (Lipinski definition) is 4. The third-order valence-corrected chi connectivity index (χ3v) is 7.57. The number of carboxylic acids is 1. The normalized spacial score (nSPS) is 34.0. The number of nitrogens with zero attached hydrogens (tertiary/aromatic N) is 1. The van der Waals surface area contributed by atoms with Crippen molar-refractivity contribution in [3.05, 3.63) is 35.1 Å². The van der Waals surface area contributed by atoms with E-state index in [1.807, 2.05) is 19.2 Å². The van der Waals surface area contributed by atoms with Gasteiger partial charge < -0.3 is 39.5 Å². The highest BCUT2D eigenvalue weighted by Crippen LogP contribution is 2.65. The van der Waals surface area contributed by atoms with Gasteiger partial charge in [0.2, 0.25) is 0 Å². The van der Waals surface area contributed by atoms with Gasteiger partial charge in [0.25, 0.3) is 0 Å². The molecule has 10 heteroatoms. The van der Waals surface area contributed by atoms with Gasteiger partial charge in [-0.1, -0.05) is 6.07 Å². The van der Waals surface area contributed by atoms with Crippen LogP contribution in [0.3, 0.4) is 0 Å². The minimum atomic E-state index is -2.32. The number of carbonyl (C=O) groups excluding carboxylic acids is 1. The molecule has 0 amide bonds.